The number of nitrogen functional groups attached to an aromatic ring is 4. The molecule has 0 atom stereocenters. The van der Waals surface area contributed by atoms with Crippen molar-refractivity contribution < 1.29 is 60.2 Å². The van der Waals surface area contributed by atoms with Gasteiger partial charge in [-0.3, -0.25) is 19.6 Å². The fraction of sp³-hybridized carbons (Fsp3) is 0.290. The zero-order valence-corrected chi connectivity index (χ0v) is 85.2. The van der Waals surface area contributed by atoms with Gasteiger partial charge in [-0.2, -0.15) is 18.7 Å². The predicted octanol–water partition coefficient (Wildman–Crippen LogP) is 15.6. The summed E-state index contributed by atoms with van der Waals surface area (Å²) in [5, 5.41) is 52.5. The van der Waals surface area contributed by atoms with Crippen LogP contribution < -0.4 is 46.6 Å². The van der Waals surface area contributed by atoms with E-state index in [1.165, 1.54) is 28.1 Å². The number of hydrogen-bond donors (Lipinski definition) is 4. The molecule has 4 aliphatic rings. The van der Waals surface area contributed by atoms with Crippen molar-refractivity contribution >= 4 is 66.1 Å². The molecule has 4 fully saturated rings. The summed E-state index contributed by atoms with van der Waals surface area (Å²) in [6.45, 7) is 28.5. The molecule has 772 valence electrons. The van der Waals surface area contributed by atoms with Crippen molar-refractivity contribution in [2.75, 3.05) is 188 Å². The molecule has 0 unspecified atom stereocenters. The number of hydrogen-bond acceptors (Lipinski definition) is 35. The molecule has 0 saturated carbocycles. The van der Waals surface area contributed by atoms with Gasteiger partial charge in [-0.25, -0.2) is 37.5 Å². The Morgan fingerprint density at radius 2 is 0.653 bits per heavy atom. The lowest BCUT2D eigenvalue weighted by molar-refractivity contribution is 0.0321. The van der Waals surface area contributed by atoms with Crippen molar-refractivity contribution in [3.05, 3.63) is 257 Å². The lowest BCUT2D eigenvalue weighted by Crippen LogP contribution is -2.38. The van der Waals surface area contributed by atoms with Gasteiger partial charge in [-0.05, 0) is 197 Å². The van der Waals surface area contributed by atoms with Crippen LogP contribution in [-0.2, 0) is 18.9 Å². The predicted molar refractivity (Wildman–Crippen MR) is 566 cm³/mol. The fourth-order valence-electron chi connectivity index (χ4n) is 18.0. The molecule has 10 aromatic heterocycles. The minimum atomic E-state index is -0.482. The maximum absolute atomic E-state index is 15.6. The quantitative estimate of drug-likeness (QED) is 0.0316. The zero-order valence-electron chi connectivity index (χ0n) is 83.6. The highest BCUT2D eigenvalue weighted by atomic mass is 32.1. The lowest BCUT2D eigenvalue weighted by Gasteiger charge is -2.26. The van der Waals surface area contributed by atoms with Crippen LogP contribution in [0.1, 0.15) is 33.4 Å². The summed E-state index contributed by atoms with van der Waals surface area (Å²) in [6.07, 6.45) is 6.83. The molecule has 14 heterocycles. The zero-order chi connectivity index (χ0) is 104. The average Bonchev–Trinajstić information content (AvgIpc) is 1.57. The molecular formula is C107H110F4N28O9S2. The number of tetrazole rings is 4. The first kappa shape index (κ1) is 103. The molecule has 0 spiro atoms. The fourth-order valence-corrected chi connectivity index (χ4v) is 20.0. The molecule has 8 N–H and O–H groups in total. The second kappa shape index (κ2) is 47.6. The van der Waals surface area contributed by atoms with Crippen LogP contribution in [0, 0.1) is 64.8 Å². The Balaban J connectivity index is 0.000000125. The normalized spacial score (nSPS) is 14.2. The largest absolute Gasteiger partial charge is 0.496 e. The standard InChI is InChI=1S/2C27H26FN7O2S.C27H30FN7O2.C26H28FN7O3/c1-17-23(37-13-10-34-8-11-36-12-9-34)7-6-22(25(17)28)35-27(31-32-33-35)20-14-18(15-30-26(20)29)21-16-38-24-5-3-2-4-19(21)24;1-17-22(37-13-10-34-8-11-36-12-9-34)7-6-21(25(17)28)35-27(31-32-33-35)20-14-19(16-30-26(20)29)24-15-18-4-2-3-5-23(18)38-24;1-17-12-18(2)14-20(13-17)21-15-22(26(29)30-16-21)27-31-32-33-35(27)23-4-5-24(19(3)25(23)28)37-11-8-34-6-9-36-10-7-34;1-17-22(37-14-11-33-9-12-36-13-10-33)8-7-21(24(17)27)34-26(30-31-32-34)20-15-18(16-29-25(20)28)19-5-3-4-6-23(19)35-2/h2*2-7,14-16H,8-13H2,1H3,(H2,29,30);4-5,12-16H,6-11H2,1-3H3,(H2,29,30);3-8,15-16H,9-14H2,1-2H3,(H2,28,29). The Bertz CT molecular complexity index is 7740. The van der Waals surface area contributed by atoms with Crippen molar-refractivity contribution in [2.45, 2.75) is 41.5 Å². The monoisotopic (exact) mass is 2070 g/mol. The third-order valence-electron chi connectivity index (χ3n) is 26.2. The number of rotatable bonds is 29. The van der Waals surface area contributed by atoms with Gasteiger partial charge < -0.3 is 65.6 Å². The first-order valence-electron chi connectivity index (χ1n) is 48.9. The lowest BCUT2D eigenvalue weighted by atomic mass is 10.0. The molecule has 43 heteroatoms. The Hall–Kier alpha value is -15.8. The highest BCUT2D eigenvalue weighted by Crippen LogP contribution is 2.43. The van der Waals surface area contributed by atoms with Crippen LogP contribution in [0.2, 0.25) is 0 Å². The maximum atomic E-state index is 15.6. The molecule has 0 bridgehead atoms. The summed E-state index contributed by atoms with van der Waals surface area (Å²) in [5.74, 6) is 2.90. The molecule has 4 saturated heterocycles. The van der Waals surface area contributed by atoms with E-state index in [1.807, 2.05) is 86.6 Å². The number of benzene rings is 8. The molecule has 8 aromatic carbocycles. The summed E-state index contributed by atoms with van der Waals surface area (Å²) >= 11 is 3.32. The van der Waals surface area contributed by atoms with Crippen LogP contribution in [0.25, 0.3) is 132 Å². The number of thiophene rings is 2. The van der Waals surface area contributed by atoms with Gasteiger partial charge in [-0.1, -0.05) is 83.9 Å². The number of halogens is 4. The van der Waals surface area contributed by atoms with Gasteiger partial charge in [0.25, 0.3) is 0 Å². The number of nitrogens with two attached hydrogens (primary N) is 4. The molecule has 4 aliphatic heterocycles. The first-order valence-corrected chi connectivity index (χ1v) is 50.6. The number of methoxy groups -OCH3 is 1. The van der Waals surface area contributed by atoms with Gasteiger partial charge in [0.05, 0.1) is 82.2 Å². The highest BCUT2D eigenvalue weighted by molar-refractivity contribution is 7.22. The van der Waals surface area contributed by atoms with Crippen LogP contribution >= 0.6 is 22.7 Å². The molecule has 0 aliphatic carbocycles. The Morgan fingerprint density at radius 1 is 0.327 bits per heavy atom. The second-order valence-electron chi connectivity index (χ2n) is 36.0. The van der Waals surface area contributed by atoms with Gasteiger partial charge in [-0.15, -0.1) is 43.1 Å². The van der Waals surface area contributed by atoms with E-state index in [0.29, 0.717) is 117 Å². The molecule has 18 aromatic rings. The van der Waals surface area contributed by atoms with E-state index in [2.05, 4.69) is 156 Å². The van der Waals surface area contributed by atoms with E-state index in [9.17, 15) is 0 Å². The SMILES string of the molecule is COc1ccccc1-c1cnc(N)c(-c2nnnn2-c2ccc(OCCN3CCOCC3)c(C)c2F)c1.Cc1c(OCCN2CCOCC2)ccc(-n2nnnc2-c2cc(-c3cc4ccccc4s3)cnc2N)c1F.Cc1c(OCCN2CCOCC2)ccc(-n2nnnc2-c2cc(-c3csc4ccccc34)cnc2N)c1F.Cc1cc(C)cc(-c2cnc(N)c(-c3nnnn3-c3ccc(OCCN4CCOCC4)c(C)c3F)c2)c1. The molecule has 150 heavy (non-hydrogen) atoms. The summed E-state index contributed by atoms with van der Waals surface area (Å²) in [7, 11) is 1.60. The summed E-state index contributed by atoms with van der Waals surface area (Å²) in [6, 6.07) is 53.2. The third kappa shape index (κ3) is 23.3. The molecule has 0 amide bonds. The molecule has 0 radical (unpaired) electrons. The van der Waals surface area contributed by atoms with Gasteiger partial charge in [0, 0.05) is 179 Å². The number of morpholine rings is 4. The van der Waals surface area contributed by atoms with Crippen LogP contribution in [-0.4, -0.2) is 285 Å². The summed E-state index contributed by atoms with van der Waals surface area (Å²) in [5.41, 5.74) is 37.8. The third-order valence-corrected chi connectivity index (χ3v) is 28.4. The van der Waals surface area contributed by atoms with Crippen molar-refractivity contribution in [1.29, 1.82) is 0 Å². The minimum Gasteiger partial charge on any atom is -0.496 e. The van der Waals surface area contributed by atoms with E-state index >= 15 is 17.6 Å². The number of fused-ring (bicyclic) bond motifs is 2. The van der Waals surface area contributed by atoms with Crippen LogP contribution in [0.5, 0.6) is 28.7 Å². The molecule has 22 rings (SSSR count). The van der Waals surface area contributed by atoms with Crippen LogP contribution in [0.3, 0.4) is 0 Å². The van der Waals surface area contributed by atoms with E-state index < -0.39 is 23.3 Å². The minimum absolute atomic E-state index is 0.181. The van der Waals surface area contributed by atoms with Crippen molar-refractivity contribution in [3.63, 3.8) is 0 Å². The Labute approximate surface area is 868 Å². The summed E-state index contributed by atoms with van der Waals surface area (Å²) in [4.78, 5) is 27.6. The van der Waals surface area contributed by atoms with E-state index in [0.717, 1.165) is 197 Å². The van der Waals surface area contributed by atoms with Gasteiger partial charge >= 0.3 is 0 Å². The van der Waals surface area contributed by atoms with E-state index in [1.54, 1.807) is 131 Å². The van der Waals surface area contributed by atoms with E-state index in [-0.39, 0.29) is 51.8 Å². The smallest absolute Gasteiger partial charge is 0.190 e. The number of nitrogens with zero attached hydrogens (tertiary/aromatic N) is 24. The van der Waals surface area contributed by atoms with Crippen molar-refractivity contribution in [3.8, 4) is 141 Å². The summed E-state index contributed by atoms with van der Waals surface area (Å²) < 4.78 is 121. The number of ether oxygens (including phenoxy) is 9. The molecular weight excluding hydrogens is 1960 g/mol. The van der Waals surface area contributed by atoms with Gasteiger partial charge in [0.2, 0.25) is 0 Å². The van der Waals surface area contributed by atoms with Gasteiger partial charge in [0.15, 0.2) is 46.6 Å². The maximum Gasteiger partial charge on any atom is 0.190 e. The highest BCUT2D eigenvalue weighted by Gasteiger charge is 2.30. The van der Waals surface area contributed by atoms with Crippen LogP contribution in [0.15, 0.2) is 200 Å². The average molecular weight is 2070 g/mol. The van der Waals surface area contributed by atoms with E-state index in [4.69, 9.17) is 65.6 Å². The van der Waals surface area contributed by atoms with Gasteiger partial charge in [0.1, 0.15) is 101 Å². The number of aryl methyl sites for hydroxylation is 2. The second-order valence-corrected chi connectivity index (χ2v) is 37.9. The first-order chi connectivity index (χ1) is 73.1. The Morgan fingerprint density at radius 3 is 1.03 bits per heavy atom. The number of pyridine rings is 4. The number of para-hydroxylation sites is 1. The topological polar surface area (TPSA) is 426 Å². The Kier molecular flexibility index (Phi) is 32.6. The molecule has 37 nitrogen and oxygen atoms in total. The number of aromatic nitrogens is 20. The van der Waals surface area contributed by atoms with Crippen molar-refractivity contribution in [1.82, 2.24) is 120 Å². The van der Waals surface area contributed by atoms with Crippen LogP contribution in [0.4, 0.5) is 40.8 Å². The number of anilines is 4. The van der Waals surface area contributed by atoms with Crippen molar-refractivity contribution in [2.24, 2.45) is 0 Å².